The molecule has 2 aromatic rings. The Balaban J connectivity index is 2.15. The van der Waals surface area contributed by atoms with Crippen molar-refractivity contribution < 1.29 is 0 Å². The van der Waals surface area contributed by atoms with Crippen LogP contribution < -0.4 is 5.32 Å². The van der Waals surface area contributed by atoms with Gasteiger partial charge in [0.05, 0.1) is 22.9 Å². The van der Waals surface area contributed by atoms with Gasteiger partial charge >= 0.3 is 0 Å². The maximum atomic E-state index is 9.26. The van der Waals surface area contributed by atoms with E-state index in [1.165, 1.54) is 0 Å². The molecule has 4 heteroatoms. The number of nitriles is 2. The van der Waals surface area contributed by atoms with Crippen LogP contribution in [0, 0.1) is 22.7 Å². The van der Waals surface area contributed by atoms with Crippen LogP contribution in [0.4, 0.5) is 5.69 Å². The Morgan fingerprint density at radius 2 is 1.80 bits per heavy atom. The van der Waals surface area contributed by atoms with Gasteiger partial charge in [-0.3, -0.25) is 0 Å². The number of nitrogens with zero attached hydrogens (tertiary/aromatic N) is 2. The number of anilines is 1. The van der Waals surface area contributed by atoms with Crippen LogP contribution >= 0.6 is 11.8 Å². The molecule has 0 aromatic heterocycles. The number of hydrogen-bond acceptors (Lipinski definition) is 4. The zero-order valence-corrected chi connectivity index (χ0v) is 11.9. The zero-order chi connectivity index (χ0) is 14.4. The number of rotatable bonds is 4. The Morgan fingerprint density at radius 3 is 2.40 bits per heavy atom. The van der Waals surface area contributed by atoms with Gasteiger partial charge in [0.1, 0.15) is 6.07 Å². The summed E-state index contributed by atoms with van der Waals surface area (Å²) in [5.41, 5.74) is 3.23. The van der Waals surface area contributed by atoms with Crippen molar-refractivity contribution in [3.05, 3.63) is 59.2 Å². The van der Waals surface area contributed by atoms with E-state index in [-0.39, 0.29) is 0 Å². The zero-order valence-electron chi connectivity index (χ0n) is 11.1. The molecule has 0 radical (unpaired) electrons. The number of thioether (sulfide) groups is 1. The minimum Gasteiger partial charge on any atom is -0.380 e. The lowest BCUT2D eigenvalue weighted by Crippen LogP contribution is -2.02. The Labute approximate surface area is 122 Å². The van der Waals surface area contributed by atoms with Crippen LogP contribution in [-0.4, -0.2) is 6.26 Å². The SMILES string of the molecule is CSc1cccc(NCc2ccc(C#N)cc2)c1C#N. The number of benzene rings is 2. The van der Waals surface area contributed by atoms with Crippen LogP contribution in [0.5, 0.6) is 0 Å². The molecule has 0 unspecified atom stereocenters. The summed E-state index contributed by atoms with van der Waals surface area (Å²) >= 11 is 1.56. The van der Waals surface area contributed by atoms with Gasteiger partial charge in [0, 0.05) is 11.4 Å². The minimum atomic E-state index is 0.623. The van der Waals surface area contributed by atoms with E-state index in [9.17, 15) is 5.26 Å². The van der Waals surface area contributed by atoms with Crippen LogP contribution in [0.1, 0.15) is 16.7 Å². The van der Waals surface area contributed by atoms with Crippen molar-refractivity contribution in [2.45, 2.75) is 11.4 Å². The maximum Gasteiger partial charge on any atom is 0.102 e. The molecule has 0 aliphatic rings. The Kier molecular flexibility index (Phi) is 4.65. The first-order chi connectivity index (χ1) is 9.78. The predicted octanol–water partition coefficient (Wildman–Crippen LogP) is 3.76. The largest absolute Gasteiger partial charge is 0.380 e. The second-order valence-corrected chi connectivity index (χ2v) is 5.00. The van der Waals surface area contributed by atoms with Crippen molar-refractivity contribution in [1.82, 2.24) is 0 Å². The summed E-state index contributed by atoms with van der Waals surface area (Å²) in [4.78, 5) is 0.970. The molecule has 0 amide bonds. The van der Waals surface area contributed by atoms with Crippen LogP contribution in [-0.2, 0) is 6.54 Å². The third-order valence-corrected chi connectivity index (χ3v) is 3.70. The van der Waals surface area contributed by atoms with Gasteiger partial charge in [0.2, 0.25) is 0 Å². The molecule has 0 fully saturated rings. The van der Waals surface area contributed by atoms with Crippen molar-refractivity contribution >= 4 is 17.4 Å². The molecule has 0 heterocycles. The summed E-state index contributed by atoms with van der Waals surface area (Å²) in [7, 11) is 0. The van der Waals surface area contributed by atoms with E-state index in [2.05, 4.69) is 17.5 Å². The van der Waals surface area contributed by atoms with Crippen molar-refractivity contribution in [2.75, 3.05) is 11.6 Å². The highest BCUT2D eigenvalue weighted by atomic mass is 32.2. The molecule has 0 saturated heterocycles. The molecule has 0 aliphatic heterocycles. The van der Waals surface area contributed by atoms with Crippen LogP contribution in [0.15, 0.2) is 47.4 Å². The number of nitrogens with one attached hydrogen (secondary N) is 1. The van der Waals surface area contributed by atoms with Crippen molar-refractivity contribution in [2.24, 2.45) is 0 Å². The predicted molar refractivity (Wildman–Crippen MR) is 81.4 cm³/mol. The van der Waals surface area contributed by atoms with E-state index >= 15 is 0 Å². The number of hydrogen-bond donors (Lipinski definition) is 1. The quantitative estimate of drug-likeness (QED) is 0.866. The Bertz CT molecular complexity index is 678. The van der Waals surface area contributed by atoms with E-state index in [1.54, 1.807) is 23.9 Å². The normalized spacial score (nSPS) is 9.55. The summed E-state index contributed by atoms with van der Waals surface area (Å²) < 4.78 is 0. The van der Waals surface area contributed by atoms with E-state index in [1.807, 2.05) is 36.6 Å². The highest BCUT2D eigenvalue weighted by Crippen LogP contribution is 2.26. The fraction of sp³-hybridized carbons (Fsp3) is 0.125. The second kappa shape index (κ2) is 6.65. The second-order valence-electron chi connectivity index (χ2n) is 4.16. The van der Waals surface area contributed by atoms with Gasteiger partial charge in [-0.15, -0.1) is 11.8 Å². The first-order valence-corrected chi connectivity index (χ1v) is 7.31. The monoisotopic (exact) mass is 279 g/mol. The molecular formula is C16H13N3S. The molecule has 0 bridgehead atoms. The average molecular weight is 279 g/mol. The highest BCUT2D eigenvalue weighted by molar-refractivity contribution is 7.98. The lowest BCUT2D eigenvalue weighted by atomic mass is 10.1. The summed E-state index contributed by atoms with van der Waals surface area (Å²) in [5.74, 6) is 0. The van der Waals surface area contributed by atoms with Gasteiger partial charge in [-0.2, -0.15) is 10.5 Å². The first kappa shape index (κ1) is 14.0. The summed E-state index contributed by atoms with van der Waals surface area (Å²) in [6.07, 6.45) is 1.96. The fourth-order valence-electron chi connectivity index (χ4n) is 1.86. The van der Waals surface area contributed by atoms with Crippen molar-refractivity contribution in [3.8, 4) is 12.1 Å². The molecule has 2 rings (SSSR count). The van der Waals surface area contributed by atoms with Gasteiger partial charge in [-0.1, -0.05) is 18.2 Å². The van der Waals surface area contributed by atoms with Gasteiger partial charge in [0.15, 0.2) is 0 Å². The molecule has 98 valence electrons. The maximum absolute atomic E-state index is 9.26. The molecule has 0 aliphatic carbocycles. The molecular weight excluding hydrogens is 266 g/mol. The Hall–Kier alpha value is -2.43. The smallest absolute Gasteiger partial charge is 0.102 e. The van der Waals surface area contributed by atoms with Gasteiger partial charge in [0.25, 0.3) is 0 Å². The topological polar surface area (TPSA) is 59.6 Å². The van der Waals surface area contributed by atoms with E-state index < -0.39 is 0 Å². The summed E-state index contributed by atoms with van der Waals surface area (Å²) in [5, 5.41) is 21.3. The van der Waals surface area contributed by atoms with Crippen molar-refractivity contribution in [3.63, 3.8) is 0 Å². The third kappa shape index (κ3) is 3.12. The summed E-state index contributed by atoms with van der Waals surface area (Å²) in [6, 6.07) is 17.5. The minimum absolute atomic E-state index is 0.623. The van der Waals surface area contributed by atoms with E-state index in [4.69, 9.17) is 5.26 Å². The standard InChI is InChI=1S/C16H13N3S/c1-20-16-4-2-3-15(14(16)10-18)19-11-13-7-5-12(9-17)6-8-13/h2-8,19H,11H2,1H3. The molecule has 3 nitrogen and oxygen atoms in total. The average Bonchev–Trinajstić information content (AvgIpc) is 2.52. The highest BCUT2D eigenvalue weighted by Gasteiger charge is 2.06. The molecule has 0 spiro atoms. The molecule has 1 N–H and O–H groups in total. The molecule has 20 heavy (non-hydrogen) atoms. The van der Waals surface area contributed by atoms with Crippen molar-refractivity contribution in [1.29, 1.82) is 10.5 Å². The van der Waals surface area contributed by atoms with Crippen LogP contribution in [0.25, 0.3) is 0 Å². The fourth-order valence-corrected chi connectivity index (χ4v) is 2.43. The lowest BCUT2D eigenvalue weighted by molar-refractivity contribution is 1.14. The van der Waals surface area contributed by atoms with Gasteiger partial charge < -0.3 is 5.32 Å². The van der Waals surface area contributed by atoms with Gasteiger partial charge in [-0.25, -0.2) is 0 Å². The summed E-state index contributed by atoms with van der Waals surface area (Å²) in [6.45, 7) is 0.623. The molecule has 2 aromatic carbocycles. The van der Waals surface area contributed by atoms with Crippen LogP contribution in [0.2, 0.25) is 0 Å². The molecule has 0 saturated carbocycles. The molecule has 0 atom stereocenters. The van der Waals surface area contributed by atoms with E-state index in [0.29, 0.717) is 17.7 Å². The third-order valence-electron chi connectivity index (χ3n) is 2.92. The van der Waals surface area contributed by atoms with Gasteiger partial charge in [-0.05, 0) is 36.1 Å². The first-order valence-electron chi connectivity index (χ1n) is 6.08. The Morgan fingerprint density at radius 1 is 1.05 bits per heavy atom. The van der Waals surface area contributed by atoms with Crippen LogP contribution in [0.3, 0.4) is 0 Å². The van der Waals surface area contributed by atoms with E-state index in [0.717, 1.165) is 16.1 Å². The lowest BCUT2D eigenvalue weighted by Gasteiger charge is -2.10.